The Morgan fingerprint density at radius 3 is 2.86 bits per heavy atom. The van der Waals surface area contributed by atoms with Crippen LogP contribution in [0.2, 0.25) is 0 Å². The molecule has 4 rings (SSSR count). The lowest BCUT2D eigenvalue weighted by Crippen LogP contribution is -2.46. The van der Waals surface area contributed by atoms with Gasteiger partial charge in [-0.2, -0.15) is 0 Å². The van der Waals surface area contributed by atoms with Gasteiger partial charge in [0.15, 0.2) is 16.7 Å². The molecule has 1 aliphatic rings. The molecule has 6 nitrogen and oxygen atoms in total. The molecule has 1 aliphatic heterocycles. The van der Waals surface area contributed by atoms with Gasteiger partial charge in [0.25, 0.3) is 0 Å². The van der Waals surface area contributed by atoms with E-state index in [-0.39, 0.29) is 0 Å². The molecule has 0 radical (unpaired) electrons. The smallest absolute Gasteiger partial charge is 0.194 e. The summed E-state index contributed by atoms with van der Waals surface area (Å²) in [5, 5.41) is 4.33. The number of guanidine groups is 1. The molecule has 1 saturated heterocycles. The second-order valence-electron chi connectivity index (χ2n) is 6.80. The van der Waals surface area contributed by atoms with Crippen molar-refractivity contribution >= 4 is 27.5 Å². The fraction of sp³-hybridized carbons (Fsp3) is 0.429. The van der Waals surface area contributed by atoms with Crippen LogP contribution >= 0.6 is 11.3 Å². The van der Waals surface area contributed by atoms with E-state index in [2.05, 4.69) is 33.2 Å². The number of ether oxygens (including phenoxy) is 1. The maximum Gasteiger partial charge on any atom is 0.194 e. The molecule has 3 aromatic rings. The minimum absolute atomic E-state index is 0.376. The number of thiazole rings is 1. The number of benzene rings is 1. The van der Waals surface area contributed by atoms with Crippen LogP contribution in [-0.4, -0.2) is 48.7 Å². The summed E-state index contributed by atoms with van der Waals surface area (Å²) < 4.78 is 12.9. The van der Waals surface area contributed by atoms with Gasteiger partial charge in [0.1, 0.15) is 5.76 Å². The zero-order valence-electron chi connectivity index (χ0n) is 16.4. The summed E-state index contributed by atoms with van der Waals surface area (Å²) in [6, 6.07) is 12.1. The van der Waals surface area contributed by atoms with Gasteiger partial charge in [0, 0.05) is 26.7 Å². The van der Waals surface area contributed by atoms with E-state index in [9.17, 15) is 0 Å². The molecule has 148 valence electrons. The van der Waals surface area contributed by atoms with Crippen LogP contribution in [0.15, 0.2) is 45.8 Å². The van der Waals surface area contributed by atoms with E-state index < -0.39 is 0 Å². The second kappa shape index (κ2) is 8.75. The van der Waals surface area contributed by atoms with Crippen molar-refractivity contribution in [1.29, 1.82) is 0 Å². The Morgan fingerprint density at radius 1 is 1.29 bits per heavy atom. The van der Waals surface area contributed by atoms with Crippen molar-refractivity contribution in [3.63, 3.8) is 0 Å². The number of piperidine rings is 1. The summed E-state index contributed by atoms with van der Waals surface area (Å²) in [7, 11) is 1.83. The van der Waals surface area contributed by atoms with Gasteiger partial charge >= 0.3 is 0 Å². The lowest BCUT2D eigenvalue weighted by molar-refractivity contribution is 0.0263. The van der Waals surface area contributed by atoms with Gasteiger partial charge in [0.2, 0.25) is 0 Å². The zero-order valence-corrected chi connectivity index (χ0v) is 17.2. The molecule has 0 saturated carbocycles. The average molecular weight is 399 g/mol. The second-order valence-corrected chi connectivity index (χ2v) is 7.83. The van der Waals surface area contributed by atoms with E-state index in [0.717, 1.165) is 60.5 Å². The Hall–Kier alpha value is -2.38. The molecule has 0 bridgehead atoms. The lowest BCUT2D eigenvalue weighted by Gasteiger charge is -2.33. The van der Waals surface area contributed by atoms with Crippen molar-refractivity contribution in [2.75, 3.05) is 26.7 Å². The molecule has 0 aliphatic carbocycles. The van der Waals surface area contributed by atoms with E-state index >= 15 is 0 Å². The number of para-hydroxylation sites is 1. The highest BCUT2D eigenvalue weighted by Gasteiger charge is 2.21. The maximum atomic E-state index is 6.02. The van der Waals surface area contributed by atoms with Crippen molar-refractivity contribution in [2.24, 2.45) is 4.99 Å². The maximum absolute atomic E-state index is 6.02. The van der Waals surface area contributed by atoms with Crippen molar-refractivity contribution in [1.82, 2.24) is 15.2 Å². The molecule has 3 heterocycles. The molecule has 7 heteroatoms. The zero-order chi connectivity index (χ0) is 19.3. The lowest BCUT2D eigenvalue weighted by atomic mass is 10.1. The molecular weight excluding hydrogens is 372 g/mol. The highest BCUT2D eigenvalue weighted by atomic mass is 32.1. The molecule has 0 atom stereocenters. The SMILES string of the molecule is CCOC1CCN(C(=NC)NCc2ccc(-c3nc4ccccc4s3)o2)CC1. The number of aromatic nitrogens is 1. The minimum Gasteiger partial charge on any atom is -0.457 e. The first kappa shape index (κ1) is 19.0. The monoisotopic (exact) mass is 398 g/mol. The van der Waals surface area contributed by atoms with Gasteiger partial charge in [-0.25, -0.2) is 4.98 Å². The minimum atomic E-state index is 0.376. The van der Waals surface area contributed by atoms with Gasteiger partial charge < -0.3 is 19.4 Å². The predicted molar refractivity (Wildman–Crippen MR) is 114 cm³/mol. The van der Waals surface area contributed by atoms with Crippen molar-refractivity contribution in [3.8, 4) is 10.8 Å². The van der Waals surface area contributed by atoms with Crippen LogP contribution < -0.4 is 5.32 Å². The number of furan rings is 1. The largest absolute Gasteiger partial charge is 0.457 e. The van der Waals surface area contributed by atoms with E-state index in [0.29, 0.717) is 12.6 Å². The number of hydrogen-bond acceptors (Lipinski definition) is 5. The molecule has 28 heavy (non-hydrogen) atoms. The third-order valence-corrected chi connectivity index (χ3v) is 5.99. The number of hydrogen-bond donors (Lipinski definition) is 1. The third-order valence-electron chi connectivity index (χ3n) is 4.94. The molecular formula is C21H26N4O2S. The Balaban J connectivity index is 1.36. The van der Waals surface area contributed by atoms with Gasteiger partial charge in [0.05, 0.1) is 22.9 Å². The fourth-order valence-electron chi connectivity index (χ4n) is 3.53. The van der Waals surface area contributed by atoms with Crippen LogP contribution in [0.1, 0.15) is 25.5 Å². The summed E-state index contributed by atoms with van der Waals surface area (Å²) in [5.41, 5.74) is 1.01. The molecule has 0 spiro atoms. The van der Waals surface area contributed by atoms with Crippen LogP contribution in [0.4, 0.5) is 0 Å². The van der Waals surface area contributed by atoms with Crippen LogP contribution in [0.5, 0.6) is 0 Å². The Morgan fingerprint density at radius 2 is 2.11 bits per heavy atom. The van der Waals surface area contributed by atoms with Crippen LogP contribution in [0.3, 0.4) is 0 Å². The average Bonchev–Trinajstić information content (AvgIpc) is 3.36. The quantitative estimate of drug-likeness (QED) is 0.517. The number of nitrogens with zero attached hydrogens (tertiary/aromatic N) is 3. The predicted octanol–water partition coefficient (Wildman–Crippen LogP) is 4.13. The van der Waals surface area contributed by atoms with E-state index in [1.54, 1.807) is 11.3 Å². The first-order valence-electron chi connectivity index (χ1n) is 9.78. The van der Waals surface area contributed by atoms with Gasteiger partial charge in [-0.15, -0.1) is 11.3 Å². The number of rotatable bonds is 5. The highest BCUT2D eigenvalue weighted by Crippen LogP contribution is 2.31. The summed E-state index contributed by atoms with van der Waals surface area (Å²) in [6.07, 6.45) is 2.45. The standard InChI is InChI=1S/C21H26N4O2S/c1-3-26-15-10-12-25(13-11-15)21(22-2)23-14-16-8-9-18(27-16)20-24-17-6-4-5-7-19(17)28-20/h4-9,15H,3,10-14H2,1-2H3,(H,22,23). The Bertz CT molecular complexity index is 908. The number of nitrogens with one attached hydrogen (secondary N) is 1. The Kier molecular flexibility index (Phi) is 5.92. The molecule has 2 aromatic heterocycles. The number of likely N-dealkylation sites (tertiary alicyclic amines) is 1. The summed E-state index contributed by atoms with van der Waals surface area (Å²) in [5.74, 6) is 2.60. The van der Waals surface area contributed by atoms with Crippen molar-refractivity contribution in [2.45, 2.75) is 32.4 Å². The molecule has 1 fully saturated rings. The summed E-state index contributed by atoms with van der Waals surface area (Å²) in [6.45, 7) is 5.35. The van der Waals surface area contributed by atoms with E-state index in [1.807, 2.05) is 37.4 Å². The normalized spacial score (nSPS) is 16.1. The molecule has 1 aromatic carbocycles. The third kappa shape index (κ3) is 4.20. The van der Waals surface area contributed by atoms with Crippen LogP contribution in [0.25, 0.3) is 21.0 Å². The fourth-order valence-corrected chi connectivity index (χ4v) is 4.46. The van der Waals surface area contributed by atoms with Gasteiger partial charge in [-0.3, -0.25) is 4.99 Å². The highest BCUT2D eigenvalue weighted by molar-refractivity contribution is 7.21. The van der Waals surface area contributed by atoms with Crippen molar-refractivity contribution in [3.05, 3.63) is 42.2 Å². The van der Waals surface area contributed by atoms with E-state index in [1.165, 1.54) is 4.70 Å². The first-order chi connectivity index (χ1) is 13.8. The Labute approximate surface area is 169 Å². The number of aliphatic imine (C=N–C) groups is 1. The van der Waals surface area contributed by atoms with Crippen LogP contribution in [-0.2, 0) is 11.3 Å². The number of fused-ring (bicyclic) bond motifs is 1. The first-order valence-corrected chi connectivity index (χ1v) is 10.6. The summed E-state index contributed by atoms with van der Waals surface area (Å²) >= 11 is 1.65. The van der Waals surface area contributed by atoms with Crippen LogP contribution in [0, 0.1) is 0 Å². The van der Waals surface area contributed by atoms with Gasteiger partial charge in [-0.05, 0) is 44.0 Å². The van der Waals surface area contributed by atoms with E-state index in [4.69, 9.17) is 9.15 Å². The molecule has 1 N–H and O–H groups in total. The molecule has 0 amide bonds. The van der Waals surface area contributed by atoms with Gasteiger partial charge in [-0.1, -0.05) is 12.1 Å². The molecule has 0 unspecified atom stereocenters. The summed E-state index contributed by atoms with van der Waals surface area (Å²) in [4.78, 5) is 11.4. The van der Waals surface area contributed by atoms with Crippen molar-refractivity contribution < 1.29 is 9.15 Å². The topological polar surface area (TPSA) is 62.9 Å².